The predicted octanol–water partition coefficient (Wildman–Crippen LogP) is 5.18. The fourth-order valence-electron chi connectivity index (χ4n) is 4.71. The quantitative estimate of drug-likeness (QED) is 0.273. The first kappa shape index (κ1) is 30.6. The highest BCUT2D eigenvalue weighted by Gasteiger charge is 2.40. The van der Waals surface area contributed by atoms with Gasteiger partial charge in [0.05, 0.1) is 18.4 Å². The lowest BCUT2D eigenvalue weighted by molar-refractivity contribution is 0.0494. The van der Waals surface area contributed by atoms with Crippen molar-refractivity contribution >= 4 is 11.9 Å². The van der Waals surface area contributed by atoms with E-state index in [1.165, 1.54) is 24.3 Å². The van der Waals surface area contributed by atoms with Crippen LogP contribution in [0.4, 0.5) is 28.2 Å². The SMILES string of the molecule is CC1(CNC(=O)OC(C)(C)C)CN(c2cc(Oc3ccc(-n4ncn(Cc5c(F)cccc5F)c4=O)cc3F)c(F)cn2)C1. The van der Waals surface area contributed by atoms with Crippen LogP contribution >= 0.6 is 0 Å². The lowest BCUT2D eigenvalue weighted by Gasteiger charge is -2.48. The van der Waals surface area contributed by atoms with Gasteiger partial charge >= 0.3 is 11.8 Å². The lowest BCUT2D eigenvalue weighted by Crippen LogP contribution is -2.60. The van der Waals surface area contributed by atoms with Crippen LogP contribution in [0.3, 0.4) is 0 Å². The van der Waals surface area contributed by atoms with E-state index in [0.29, 0.717) is 25.5 Å². The average Bonchev–Trinajstić information content (AvgIpc) is 3.29. The van der Waals surface area contributed by atoms with Gasteiger partial charge in [0.1, 0.15) is 29.4 Å². The van der Waals surface area contributed by atoms with Gasteiger partial charge in [-0.05, 0) is 45.0 Å². The zero-order chi connectivity index (χ0) is 31.8. The Morgan fingerprint density at radius 3 is 2.36 bits per heavy atom. The standard InChI is InChI=1S/C30H30F4N6O4/c1-29(2,3)44-27(41)36-14-30(4)15-39(16-30)26-11-25(23(34)12-35-26)43-24-9-8-18(10-22(24)33)40-28(42)38(17-37-40)13-19-20(31)6-5-7-21(19)32/h5-12,17H,13-16H2,1-4H3,(H,36,41). The van der Waals surface area contributed by atoms with Crippen molar-refractivity contribution in [3.8, 4) is 17.2 Å². The first-order valence-electron chi connectivity index (χ1n) is 13.6. The highest BCUT2D eigenvalue weighted by atomic mass is 19.1. The molecule has 1 aliphatic rings. The molecule has 5 rings (SSSR count). The summed E-state index contributed by atoms with van der Waals surface area (Å²) >= 11 is 0. The van der Waals surface area contributed by atoms with E-state index in [1.807, 2.05) is 11.8 Å². The van der Waals surface area contributed by atoms with Crippen molar-refractivity contribution < 1.29 is 31.8 Å². The number of anilines is 1. The molecule has 10 nitrogen and oxygen atoms in total. The first-order chi connectivity index (χ1) is 20.7. The molecule has 232 valence electrons. The van der Waals surface area contributed by atoms with E-state index in [2.05, 4.69) is 15.4 Å². The van der Waals surface area contributed by atoms with Crippen molar-refractivity contribution in [1.29, 1.82) is 0 Å². The molecule has 0 atom stereocenters. The highest BCUT2D eigenvalue weighted by molar-refractivity contribution is 5.67. The van der Waals surface area contributed by atoms with Gasteiger partial charge < -0.3 is 19.7 Å². The number of hydrogen-bond donors (Lipinski definition) is 1. The molecule has 0 spiro atoms. The summed E-state index contributed by atoms with van der Waals surface area (Å²) in [6, 6.07) is 8.21. The minimum atomic E-state index is -0.911. The Hall–Kier alpha value is -4.88. The third-order valence-corrected chi connectivity index (χ3v) is 6.84. The second-order valence-electron chi connectivity index (χ2n) is 11.9. The summed E-state index contributed by atoms with van der Waals surface area (Å²) in [6.07, 6.45) is 1.53. The maximum atomic E-state index is 15.1. The number of alkyl carbamates (subject to hydrolysis) is 1. The van der Waals surface area contributed by atoms with Gasteiger partial charge in [0.2, 0.25) is 0 Å². The number of ether oxygens (including phenoxy) is 2. The Morgan fingerprint density at radius 2 is 1.70 bits per heavy atom. The topological polar surface area (TPSA) is 104 Å². The van der Waals surface area contributed by atoms with Crippen molar-refractivity contribution in [2.24, 2.45) is 5.41 Å². The number of carbonyl (C=O) groups excluding carboxylic acids is 1. The van der Waals surface area contributed by atoms with Gasteiger partial charge in [0.15, 0.2) is 23.1 Å². The second kappa shape index (κ2) is 11.7. The van der Waals surface area contributed by atoms with Gasteiger partial charge in [-0.2, -0.15) is 9.78 Å². The van der Waals surface area contributed by atoms with E-state index in [4.69, 9.17) is 9.47 Å². The molecule has 1 fully saturated rings. The predicted molar refractivity (Wildman–Crippen MR) is 152 cm³/mol. The zero-order valence-corrected chi connectivity index (χ0v) is 24.4. The van der Waals surface area contributed by atoms with Crippen LogP contribution in [0.5, 0.6) is 11.5 Å². The summed E-state index contributed by atoms with van der Waals surface area (Å²) in [7, 11) is 0. The Balaban J connectivity index is 1.25. The van der Waals surface area contributed by atoms with Crippen molar-refractivity contribution in [2.75, 3.05) is 24.5 Å². The van der Waals surface area contributed by atoms with Crippen LogP contribution in [0.15, 0.2) is 59.8 Å². The van der Waals surface area contributed by atoms with Gasteiger partial charge in [-0.1, -0.05) is 13.0 Å². The molecular formula is C30H30F4N6O4. The van der Waals surface area contributed by atoms with Crippen molar-refractivity contribution in [1.82, 2.24) is 24.6 Å². The van der Waals surface area contributed by atoms with E-state index in [1.54, 1.807) is 20.8 Å². The molecular weight excluding hydrogens is 584 g/mol. The van der Waals surface area contributed by atoms with Gasteiger partial charge in [-0.3, -0.25) is 4.57 Å². The molecule has 1 amide bonds. The molecule has 0 aliphatic carbocycles. The minimum absolute atomic E-state index is 0.0170. The van der Waals surface area contributed by atoms with Gasteiger partial charge in [-0.25, -0.2) is 32.1 Å². The number of pyridine rings is 1. The Bertz CT molecular complexity index is 1740. The fourth-order valence-corrected chi connectivity index (χ4v) is 4.71. The minimum Gasteiger partial charge on any atom is -0.451 e. The fraction of sp³-hybridized carbons (Fsp3) is 0.333. The number of rotatable bonds is 8. The Kier molecular flexibility index (Phi) is 8.10. The van der Waals surface area contributed by atoms with Crippen molar-refractivity contribution in [2.45, 2.75) is 39.8 Å². The molecule has 14 heteroatoms. The largest absolute Gasteiger partial charge is 0.451 e. The first-order valence-corrected chi connectivity index (χ1v) is 13.6. The summed E-state index contributed by atoms with van der Waals surface area (Å²) < 4.78 is 70.4. The highest BCUT2D eigenvalue weighted by Crippen LogP contribution is 2.36. The molecule has 0 unspecified atom stereocenters. The van der Waals surface area contributed by atoms with Crippen molar-refractivity contribution in [3.05, 3.63) is 94.3 Å². The van der Waals surface area contributed by atoms with Crippen LogP contribution in [0.25, 0.3) is 5.69 Å². The number of halogens is 4. The Morgan fingerprint density at radius 1 is 1.00 bits per heavy atom. The van der Waals surface area contributed by atoms with E-state index in [0.717, 1.165) is 40.0 Å². The third-order valence-electron chi connectivity index (χ3n) is 6.84. The summed E-state index contributed by atoms with van der Waals surface area (Å²) in [5.41, 5.74) is -1.94. The molecule has 2 aromatic carbocycles. The Labute approximate surface area is 249 Å². The maximum Gasteiger partial charge on any atom is 0.407 e. The molecule has 1 aliphatic heterocycles. The van der Waals surface area contributed by atoms with E-state index < -0.39 is 47.2 Å². The summed E-state index contributed by atoms with van der Waals surface area (Å²) in [5, 5.41) is 6.68. The van der Waals surface area contributed by atoms with Crippen LogP contribution in [0, 0.1) is 28.7 Å². The number of amides is 1. The lowest BCUT2D eigenvalue weighted by atomic mass is 9.82. The summed E-state index contributed by atoms with van der Waals surface area (Å²) in [6.45, 7) is 8.27. The molecule has 4 aromatic rings. The van der Waals surface area contributed by atoms with Crippen LogP contribution < -0.4 is 20.6 Å². The third kappa shape index (κ3) is 6.68. The van der Waals surface area contributed by atoms with Gasteiger partial charge in [0, 0.05) is 42.7 Å². The molecule has 1 saturated heterocycles. The molecule has 0 radical (unpaired) electrons. The molecule has 3 heterocycles. The van der Waals surface area contributed by atoms with Crippen LogP contribution in [0.1, 0.15) is 33.3 Å². The number of carbonyl (C=O) groups is 1. The number of aromatic nitrogens is 4. The van der Waals surface area contributed by atoms with Gasteiger partial charge in [0.25, 0.3) is 0 Å². The zero-order valence-electron chi connectivity index (χ0n) is 24.4. The molecule has 0 bridgehead atoms. The monoisotopic (exact) mass is 614 g/mol. The normalized spacial score (nSPS) is 14.2. The summed E-state index contributed by atoms with van der Waals surface area (Å²) in [4.78, 5) is 30.8. The molecule has 44 heavy (non-hydrogen) atoms. The van der Waals surface area contributed by atoms with Crippen LogP contribution in [-0.2, 0) is 11.3 Å². The van der Waals surface area contributed by atoms with Crippen LogP contribution in [-0.4, -0.2) is 50.7 Å². The number of nitrogens with one attached hydrogen (secondary N) is 1. The summed E-state index contributed by atoms with van der Waals surface area (Å²) in [5.74, 6) is -3.55. The number of benzene rings is 2. The number of hydrogen-bond acceptors (Lipinski definition) is 7. The number of nitrogens with zero attached hydrogens (tertiary/aromatic N) is 5. The molecule has 0 saturated carbocycles. The van der Waals surface area contributed by atoms with Crippen LogP contribution in [0.2, 0.25) is 0 Å². The van der Waals surface area contributed by atoms with E-state index >= 15 is 4.39 Å². The maximum absolute atomic E-state index is 15.1. The van der Waals surface area contributed by atoms with Crippen molar-refractivity contribution in [3.63, 3.8) is 0 Å². The smallest absolute Gasteiger partial charge is 0.407 e. The molecule has 2 aromatic heterocycles. The van der Waals surface area contributed by atoms with E-state index in [-0.39, 0.29) is 28.2 Å². The molecule has 1 N–H and O–H groups in total. The second-order valence-corrected chi connectivity index (χ2v) is 11.9. The van der Waals surface area contributed by atoms with Gasteiger partial charge in [-0.15, -0.1) is 0 Å². The average molecular weight is 615 g/mol. The van der Waals surface area contributed by atoms with E-state index in [9.17, 15) is 22.8 Å².